The highest BCUT2D eigenvalue weighted by Crippen LogP contribution is 2.26. The van der Waals surface area contributed by atoms with Crippen LogP contribution in [0.5, 0.6) is 0 Å². The number of hydrogen-bond donors (Lipinski definition) is 0. The van der Waals surface area contributed by atoms with Crippen LogP contribution in [0.25, 0.3) is 0 Å². The molecule has 3 rings (SSSR count). The van der Waals surface area contributed by atoms with E-state index in [1.54, 1.807) is 6.07 Å². The largest absolute Gasteiger partial charge is 0.457 e. The van der Waals surface area contributed by atoms with Gasteiger partial charge in [0.25, 0.3) is 0 Å². The Morgan fingerprint density at radius 1 is 0.778 bits per heavy atom. The van der Waals surface area contributed by atoms with E-state index in [0.717, 1.165) is 11.1 Å². The number of carbonyl (C=O) groups is 2. The molecular weight excluding hydrogens is 383 g/mol. The highest BCUT2D eigenvalue weighted by molar-refractivity contribution is 6.42. The fraction of sp³-hybridized carbons (Fsp3) is 0.0909. The quantitative estimate of drug-likeness (QED) is 0.403. The van der Waals surface area contributed by atoms with Crippen molar-refractivity contribution in [2.24, 2.45) is 0 Å². The molecule has 136 valence electrons. The van der Waals surface area contributed by atoms with Crippen LogP contribution in [0.1, 0.15) is 27.4 Å². The van der Waals surface area contributed by atoms with Crippen molar-refractivity contribution in [2.45, 2.75) is 5.92 Å². The minimum Gasteiger partial charge on any atom is -0.457 e. The van der Waals surface area contributed by atoms with Gasteiger partial charge >= 0.3 is 5.97 Å². The summed E-state index contributed by atoms with van der Waals surface area (Å²) >= 11 is 11.8. The summed E-state index contributed by atoms with van der Waals surface area (Å²) < 4.78 is 5.33. The van der Waals surface area contributed by atoms with Crippen molar-refractivity contribution < 1.29 is 14.3 Å². The number of benzene rings is 3. The first-order valence-electron chi connectivity index (χ1n) is 8.31. The van der Waals surface area contributed by atoms with Crippen LogP contribution in [-0.4, -0.2) is 18.4 Å². The normalized spacial score (nSPS) is 10.6. The third-order valence-corrected chi connectivity index (χ3v) is 4.83. The Balaban J connectivity index is 1.77. The Hall–Kier alpha value is -2.62. The summed E-state index contributed by atoms with van der Waals surface area (Å²) in [4.78, 5) is 25.1. The van der Waals surface area contributed by atoms with Gasteiger partial charge in [0.15, 0.2) is 12.4 Å². The van der Waals surface area contributed by atoms with E-state index >= 15 is 0 Å². The SMILES string of the molecule is O=C(COC(=O)C(c1ccccc1)c1ccccc1)c1ccc(Cl)c(Cl)c1. The minimum atomic E-state index is -0.603. The predicted octanol–water partition coefficient (Wildman–Crippen LogP) is 5.55. The number of Topliss-reactive ketones (excluding diaryl/α,β-unsaturated/α-hetero) is 1. The van der Waals surface area contributed by atoms with Gasteiger partial charge in [0, 0.05) is 5.56 Å². The van der Waals surface area contributed by atoms with Crippen molar-refractivity contribution in [3.05, 3.63) is 106 Å². The van der Waals surface area contributed by atoms with Gasteiger partial charge in [-0.2, -0.15) is 0 Å². The molecule has 0 aromatic heterocycles. The van der Waals surface area contributed by atoms with Crippen molar-refractivity contribution >= 4 is 35.0 Å². The maximum atomic E-state index is 12.8. The van der Waals surface area contributed by atoms with Gasteiger partial charge in [0.2, 0.25) is 0 Å². The van der Waals surface area contributed by atoms with E-state index < -0.39 is 11.9 Å². The average molecular weight is 399 g/mol. The third-order valence-electron chi connectivity index (χ3n) is 4.09. The summed E-state index contributed by atoms with van der Waals surface area (Å²) in [5.74, 6) is -1.43. The molecule has 0 saturated heterocycles. The van der Waals surface area contributed by atoms with Gasteiger partial charge in [-0.1, -0.05) is 83.9 Å². The Kier molecular flexibility index (Phi) is 6.28. The predicted molar refractivity (Wildman–Crippen MR) is 106 cm³/mol. The molecule has 0 unspecified atom stereocenters. The van der Waals surface area contributed by atoms with Gasteiger partial charge in [0.05, 0.1) is 10.0 Å². The number of halogens is 2. The topological polar surface area (TPSA) is 43.4 Å². The van der Waals surface area contributed by atoms with E-state index in [4.69, 9.17) is 27.9 Å². The summed E-state index contributed by atoms with van der Waals surface area (Å²) in [5, 5.41) is 0.638. The van der Waals surface area contributed by atoms with Crippen LogP contribution in [0.4, 0.5) is 0 Å². The fourth-order valence-corrected chi connectivity index (χ4v) is 3.03. The van der Waals surface area contributed by atoms with Crippen molar-refractivity contribution in [1.29, 1.82) is 0 Å². The maximum absolute atomic E-state index is 12.8. The summed E-state index contributed by atoms with van der Waals surface area (Å²) in [5.41, 5.74) is 1.94. The van der Waals surface area contributed by atoms with Crippen LogP contribution < -0.4 is 0 Å². The van der Waals surface area contributed by atoms with Gasteiger partial charge in [-0.25, -0.2) is 0 Å². The minimum absolute atomic E-state index is 0.278. The Morgan fingerprint density at radius 3 is 1.85 bits per heavy atom. The molecule has 0 N–H and O–H groups in total. The Labute approximate surface area is 167 Å². The molecule has 3 aromatic carbocycles. The smallest absolute Gasteiger partial charge is 0.318 e. The molecule has 0 aliphatic heterocycles. The molecule has 0 atom stereocenters. The van der Waals surface area contributed by atoms with E-state index in [1.807, 2.05) is 60.7 Å². The number of rotatable bonds is 6. The van der Waals surface area contributed by atoms with Crippen LogP contribution in [0.15, 0.2) is 78.9 Å². The van der Waals surface area contributed by atoms with Crippen LogP contribution in [0.3, 0.4) is 0 Å². The number of ketones is 1. The Morgan fingerprint density at radius 2 is 1.33 bits per heavy atom. The van der Waals surface area contributed by atoms with Gasteiger partial charge in [-0.05, 0) is 29.3 Å². The van der Waals surface area contributed by atoms with Gasteiger partial charge < -0.3 is 4.74 Å². The van der Waals surface area contributed by atoms with Crippen LogP contribution in [0.2, 0.25) is 10.0 Å². The molecule has 0 aliphatic rings. The maximum Gasteiger partial charge on any atom is 0.318 e. The number of esters is 1. The van der Waals surface area contributed by atoms with E-state index in [2.05, 4.69) is 0 Å². The van der Waals surface area contributed by atoms with Gasteiger partial charge in [-0.15, -0.1) is 0 Å². The second kappa shape index (κ2) is 8.85. The third kappa shape index (κ3) is 4.76. The monoisotopic (exact) mass is 398 g/mol. The lowest BCUT2D eigenvalue weighted by atomic mass is 9.91. The van der Waals surface area contributed by atoms with E-state index in [0.29, 0.717) is 10.6 Å². The molecule has 3 aromatic rings. The second-order valence-corrected chi connectivity index (χ2v) is 6.73. The zero-order valence-corrected chi connectivity index (χ0v) is 15.8. The molecule has 0 aliphatic carbocycles. The van der Waals surface area contributed by atoms with Crippen LogP contribution in [-0.2, 0) is 9.53 Å². The fourth-order valence-electron chi connectivity index (χ4n) is 2.73. The second-order valence-electron chi connectivity index (χ2n) is 5.91. The standard InChI is InChI=1S/C22H16Cl2O3/c23-18-12-11-17(13-19(18)24)20(25)14-27-22(26)21(15-7-3-1-4-8-15)16-9-5-2-6-10-16/h1-13,21H,14H2. The van der Waals surface area contributed by atoms with Crippen molar-refractivity contribution in [3.8, 4) is 0 Å². The first-order valence-corrected chi connectivity index (χ1v) is 9.06. The molecule has 5 heteroatoms. The molecule has 3 nitrogen and oxygen atoms in total. The van der Waals surface area contributed by atoms with Crippen LogP contribution in [0, 0.1) is 0 Å². The molecule has 0 spiro atoms. The highest BCUT2D eigenvalue weighted by atomic mass is 35.5. The molecular formula is C22H16Cl2O3. The number of hydrogen-bond acceptors (Lipinski definition) is 3. The van der Waals surface area contributed by atoms with Crippen molar-refractivity contribution in [1.82, 2.24) is 0 Å². The zero-order chi connectivity index (χ0) is 19.2. The molecule has 0 bridgehead atoms. The number of ether oxygens (including phenoxy) is 1. The molecule has 0 saturated carbocycles. The molecule has 0 heterocycles. The van der Waals surface area contributed by atoms with Crippen molar-refractivity contribution in [3.63, 3.8) is 0 Å². The molecule has 27 heavy (non-hydrogen) atoms. The van der Waals surface area contributed by atoms with Crippen LogP contribution >= 0.6 is 23.2 Å². The summed E-state index contributed by atoms with van der Waals surface area (Å²) in [6.45, 7) is -0.368. The average Bonchev–Trinajstić information content (AvgIpc) is 2.70. The molecule has 0 fully saturated rings. The van der Waals surface area contributed by atoms with E-state index in [1.165, 1.54) is 12.1 Å². The van der Waals surface area contributed by atoms with Gasteiger partial charge in [0.1, 0.15) is 5.92 Å². The summed E-state index contributed by atoms with van der Waals surface area (Å²) in [6, 6.07) is 23.2. The molecule has 0 radical (unpaired) electrons. The summed E-state index contributed by atoms with van der Waals surface area (Å²) in [6.07, 6.45) is 0. The van der Waals surface area contributed by atoms with E-state index in [9.17, 15) is 9.59 Å². The first kappa shape index (κ1) is 19.2. The highest BCUT2D eigenvalue weighted by Gasteiger charge is 2.25. The van der Waals surface area contributed by atoms with Gasteiger partial charge in [-0.3, -0.25) is 9.59 Å². The lowest BCUT2D eigenvalue weighted by molar-refractivity contribution is -0.143. The lowest BCUT2D eigenvalue weighted by Gasteiger charge is -2.17. The number of carbonyl (C=O) groups excluding carboxylic acids is 2. The van der Waals surface area contributed by atoms with E-state index in [-0.39, 0.29) is 17.4 Å². The first-order chi connectivity index (χ1) is 13.1. The lowest BCUT2D eigenvalue weighted by Crippen LogP contribution is -2.21. The Bertz CT molecular complexity index is 901. The summed E-state index contributed by atoms with van der Waals surface area (Å²) in [7, 11) is 0. The van der Waals surface area contributed by atoms with Crippen molar-refractivity contribution in [2.75, 3.05) is 6.61 Å². The molecule has 0 amide bonds. The zero-order valence-electron chi connectivity index (χ0n) is 14.3.